The topological polar surface area (TPSA) is 116 Å². The van der Waals surface area contributed by atoms with Crippen molar-refractivity contribution in [2.24, 2.45) is 0 Å². The lowest BCUT2D eigenvalue weighted by Gasteiger charge is -2.25. The highest BCUT2D eigenvalue weighted by Gasteiger charge is 2.31. The van der Waals surface area contributed by atoms with Crippen molar-refractivity contribution in [1.82, 2.24) is 5.16 Å². The van der Waals surface area contributed by atoms with Gasteiger partial charge in [0.1, 0.15) is 22.6 Å². The van der Waals surface area contributed by atoms with Gasteiger partial charge in [0.15, 0.2) is 0 Å². The van der Waals surface area contributed by atoms with Crippen molar-refractivity contribution in [2.45, 2.75) is 11.4 Å². The molecule has 0 radical (unpaired) electrons. The molecule has 3 rings (SSSR count). The Bertz CT molecular complexity index is 1100. The number of anilines is 1. The van der Waals surface area contributed by atoms with Gasteiger partial charge in [0.2, 0.25) is 0 Å². The Morgan fingerprint density at radius 1 is 1.25 bits per heavy atom. The van der Waals surface area contributed by atoms with Crippen molar-refractivity contribution in [2.75, 3.05) is 11.4 Å². The van der Waals surface area contributed by atoms with Crippen molar-refractivity contribution < 1.29 is 22.6 Å². The number of sulfonamides is 1. The zero-order valence-corrected chi connectivity index (χ0v) is 16.1. The van der Waals surface area contributed by atoms with E-state index in [0.717, 1.165) is 16.4 Å². The second-order valence-corrected chi connectivity index (χ2v) is 7.78. The number of para-hydroxylation sites is 2. The molecule has 0 aliphatic carbocycles. The number of nitro groups is 1. The third kappa shape index (κ3) is 3.78. The number of nitro benzene ring substituents is 1. The number of aromatic nitrogens is 1. The van der Waals surface area contributed by atoms with Gasteiger partial charge in [0, 0.05) is 18.2 Å². The van der Waals surface area contributed by atoms with Crippen LogP contribution < -0.4 is 9.04 Å². The molecule has 3 aromatic rings. The fraction of sp³-hybridized carbons (Fsp3) is 0.118. The maximum atomic E-state index is 13.4. The number of non-ortho nitro benzene ring substituents is 1. The third-order valence-electron chi connectivity index (χ3n) is 3.84. The number of benzene rings is 2. The summed E-state index contributed by atoms with van der Waals surface area (Å²) in [6.07, 6.45) is 1.31. The maximum Gasteiger partial charge on any atom is 0.270 e. The molecule has 11 heteroatoms. The van der Waals surface area contributed by atoms with Crippen LogP contribution >= 0.6 is 11.6 Å². The zero-order chi connectivity index (χ0) is 20.3. The molecule has 0 atom stereocenters. The van der Waals surface area contributed by atoms with Crippen LogP contribution in [0, 0.1) is 10.1 Å². The number of rotatable bonds is 7. The highest BCUT2D eigenvalue weighted by molar-refractivity contribution is 7.93. The summed E-state index contributed by atoms with van der Waals surface area (Å²) >= 11 is 6.08. The van der Waals surface area contributed by atoms with Gasteiger partial charge in [-0.3, -0.25) is 14.4 Å². The van der Waals surface area contributed by atoms with E-state index in [1.54, 1.807) is 24.3 Å². The second-order valence-electron chi connectivity index (χ2n) is 5.55. The van der Waals surface area contributed by atoms with Gasteiger partial charge in [-0.15, -0.1) is 0 Å². The van der Waals surface area contributed by atoms with Crippen LogP contribution in [0.2, 0.25) is 5.02 Å². The molecule has 1 heterocycles. The summed E-state index contributed by atoms with van der Waals surface area (Å²) in [5.74, 6) is 0.288. The van der Waals surface area contributed by atoms with Crippen molar-refractivity contribution in [3.05, 3.63) is 75.6 Å². The van der Waals surface area contributed by atoms with Gasteiger partial charge in [-0.2, -0.15) is 0 Å². The van der Waals surface area contributed by atoms with Crippen LogP contribution in [0.25, 0.3) is 0 Å². The monoisotopic (exact) mass is 423 g/mol. The molecule has 146 valence electrons. The van der Waals surface area contributed by atoms with Crippen molar-refractivity contribution in [3.63, 3.8) is 0 Å². The molecule has 0 N–H and O–H groups in total. The predicted molar refractivity (Wildman–Crippen MR) is 101 cm³/mol. The van der Waals surface area contributed by atoms with Crippen LogP contribution in [0.5, 0.6) is 5.75 Å². The van der Waals surface area contributed by atoms with E-state index in [4.69, 9.17) is 20.9 Å². The average Bonchev–Trinajstić information content (AvgIpc) is 3.19. The van der Waals surface area contributed by atoms with Crippen molar-refractivity contribution in [3.8, 4) is 5.75 Å². The van der Waals surface area contributed by atoms with Gasteiger partial charge in [-0.05, 0) is 18.2 Å². The van der Waals surface area contributed by atoms with E-state index in [-0.39, 0.29) is 23.0 Å². The number of hydrogen-bond donors (Lipinski definition) is 0. The summed E-state index contributed by atoms with van der Waals surface area (Å²) in [5.41, 5.74) is 0.149. The Morgan fingerprint density at radius 3 is 2.64 bits per heavy atom. The molecule has 0 saturated carbocycles. The molecule has 0 spiro atoms. The fourth-order valence-electron chi connectivity index (χ4n) is 2.52. The van der Waals surface area contributed by atoms with E-state index in [0.29, 0.717) is 5.69 Å². The van der Waals surface area contributed by atoms with Crippen LogP contribution in [-0.4, -0.2) is 25.6 Å². The highest BCUT2D eigenvalue weighted by Crippen LogP contribution is 2.36. The quantitative estimate of drug-likeness (QED) is 0.420. The number of halogens is 1. The Kier molecular flexibility index (Phi) is 5.52. The zero-order valence-electron chi connectivity index (χ0n) is 14.5. The minimum absolute atomic E-state index is 0.148. The Balaban J connectivity index is 2.19. The second kappa shape index (κ2) is 7.87. The van der Waals surface area contributed by atoms with Crippen LogP contribution in [0.4, 0.5) is 11.4 Å². The van der Waals surface area contributed by atoms with Gasteiger partial charge in [0.05, 0.1) is 29.3 Å². The fourth-order valence-corrected chi connectivity index (χ4v) is 4.47. The average molecular weight is 424 g/mol. The summed E-state index contributed by atoms with van der Waals surface area (Å²) in [6, 6.07) is 11.2. The number of methoxy groups -OCH3 is 1. The molecule has 0 fully saturated rings. The van der Waals surface area contributed by atoms with E-state index >= 15 is 0 Å². The summed E-state index contributed by atoms with van der Waals surface area (Å²) in [4.78, 5) is 10.0. The lowest BCUT2D eigenvalue weighted by molar-refractivity contribution is -0.385. The summed E-state index contributed by atoms with van der Waals surface area (Å²) in [7, 11) is -2.91. The first-order valence-corrected chi connectivity index (χ1v) is 9.65. The molecule has 0 unspecified atom stereocenters. The minimum Gasteiger partial charge on any atom is -0.495 e. The van der Waals surface area contributed by atoms with Crippen LogP contribution in [0.15, 0.2) is 64.2 Å². The highest BCUT2D eigenvalue weighted by atomic mass is 35.5. The molecule has 9 nitrogen and oxygen atoms in total. The first-order valence-electron chi connectivity index (χ1n) is 7.83. The first kappa shape index (κ1) is 19.6. The molecular weight excluding hydrogens is 410 g/mol. The molecule has 28 heavy (non-hydrogen) atoms. The minimum atomic E-state index is -4.31. The molecule has 0 aliphatic heterocycles. The van der Waals surface area contributed by atoms with Crippen LogP contribution in [0.3, 0.4) is 0 Å². The van der Waals surface area contributed by atoms with E-state index in [1.165, 1.54) is 25.5 Å². The molecule has 0 aliphatic rings. The summed E-state index contributed by atoms with van der Waals surface area (Å²) in [5, 5.41) is 14.7. The van der Waals surface area contributed by atoms with E-state index in [1.807, 2.05) is 0 Å². The van der Waals surface area contributed by atoms with Gasteiger partial charge in [-0.1, -0.05) is 28.9 Å². The SMILES string of the molecule is COc1ccccc1N(Cc1ccon1)S(=O)(=O)c1cc([N+](=O)[O-])ccc1Cl. The smallest absolute Gasteiger partial charge is 0.270 e. The van der Waals surface area contributed by atoms with E-state index in [2.05, 4.69) is 5.16 Å². The predicted octanol–water partition coefficient (Wildman–Crippen LogP) is 3.64. The number of nitrogens with zero attached hydrogens (tertiary/aromatic N) is 3. The van der Waals surface area contributed by atoms with Crippen LogP contribution in [0.1, 0.15) is 5.69 Å². The molecule has 0 saturated heterocycles. The van der Waals surface area contributed by atoms with Crippen LogP contribution in [-0.2, 0) is 16.6 Å². The Labute approximate surface area is 165 Å². The molecule has 0 bridgehead atoms. The molecule has 2 aromatic carbocycles. The van der Waals surface area contributed by atoms with E-state index < -0.39 is 25.5 Å². The van der Waals surface area contributed by atoms with Gasteiger partial charge < -0.3 is 9.26 Å². The first-order chi connectivity index (χ1) is 13.3. The van der Waals surface area contributed by atoms with Gasteiger partial charge >= 0.3 is 0 Å². The molecule has 1 aromatic heterocycles. The third-order valence-corrected chi connectivity index (χ3v) is 6.09. The normalized spacial score (nSPS) is 11.2. The summed E-state index contributed by atoms with van der Waals surface area (Å²) in [6.45, 7) is -0.196. The number of ether oxygens (including phenoxy) is 1. The van der Waals surface area contributed by atoms with E-state index in [9.17, 15) is 18.5 Å². The number of hydrogen-bond acceptors (Lipinski definition) is 7. The van der Waals surface area contributed by atoms with Gasteiger partial charge in [0.25, 0.3) is 15.7 Å². The Hall–Kier alpha value is -3.11. The largest absolute Gasteiger partial charge is 0.495 e. The van der Waals surface area contributed by atoms with Crippen molar-refractivity contribution in [1.29, 1.82) is 0 Å². The van der Waals surface area contributed by atoms with Gasteiger partial charge in [-0.25, -0.2) is 8.42 Å². The standard InChI is InChI=1S/C17H14ClN3O6S/c1-26-16-5-3-2-4-15(16)20(11-12-8-9-27-19-12)28(24,25)17-10-13(21(22)23)6-7-14(17)18/h2-10H,11H2,1H3. The van der Waals surface area contributed by atoms with Crippen molar-refractivity contribution >= 4 is 33.0 Å². The molecule has 0 amide bonds. The lowest BCUT2D eigenvalue weighted by Crippen LogP contribution is -2.31. The lowest BCUT2D eigenvalue weighted by atomic mass is 10.3. The molecular formula is C17H14ClN3O6S. The summed E-state index contributed by atoms with van der Waals surface area (Å²) < 4.78 is 37.9. The maximum absolute atomic E-state index is 13.4. The Morgan fingerprint density at radius 2 is 2.00 bits per heavy atom.